The highest BCUT2D eigenvalue weighted by atomic mass is 16.3. The fraction of sp³-hybridized carbons (Fsp3) is 0.0930. The number of hydrogen-bond donors (Lipinski definition) is 0. The zero-order valence-corrected chi connectivity index (χ0v) is 26.8. The average molecular weight is 619 g/mol. The van der Waals surface area contributed by atoms with Gasteiger partial charge in [-0.3, -0.25) is 4.57 Å². The van der Waals surface area contributed by atoms with Crippen molar-refractivity contribution in [2.75, 3.05) is 0 Å². The van der Waals surface area contributed by atoms with Gasteiger partial charge in [-0.25, -0.2) is 4.98 Å². The van der Waals surface area contributed by atoms with Gasteiger partial charge in [0.05, 0.1) is 16.8 Å². The molecule has 0 saturated heterocycles. The maximum absolute atomic E-state index is 6.46. The third kappa shape index (κ3) is 3.96. The molecule has 0 amide bonds. The first-order chi connectivity index (χ1) is 23.5. The second kappa shape index (κ2) is 10.4. The van der Waals surface area contributed by atoms with Gasteiger partial charge in [0.25, 0.3) is 0 Å². The summed E-state index contributed by atoms with van der Waals surface area (Å²) in [7, 11) is 0. The fourth-order valence-corrected chi connectivity index (χ4v) is 7.53. The molecule has 5 heteroatoms. The molecule has 0 saturated carbocycles. The number of benzene rings is 5. The molecule has 3 aromatic heterocycles. The van der Waals surface area contributed by atoms with Crippen molar-refractivity contribution in [1.82, 2.24) is 19.5 Å². The van der Waals surface area contributed by atoms with Crippen LogP contribution >= 0.6 is 0 Å². The predicted octanol–water partition coefficient (Wildman–Crippen LogP) is 10.2. The van der Waals surface area contributed by atoms with Gasteiger partial charge < -0.3 is 4.42 Å². The SMILES string of the molecule is C#CC1=C(c2c(C)c3ccccc3n2-c2nc(-c3ccccc3)nc(-c3cccc4c3oc3ccccc34)n2)C(C)(C)c2ccccc21. The van der Waals surface area contributed by atoms with Crippen LogP contribution < -0.4 is 0 Å². The summed E-state index contributed by atoms with van der Waals surface area (Å²) in [6, 6.07) is 41.2. The van der Waals surface area contributed by atoms with E-state index in [2.05, 4.69) is 91.9 Å². The molecule has 0 N–H and O–H groups in total. The molecule has 1 aliphatic carbocycles. The van der Waals surface area contributed by atoms with Gasteiger partial charge in [-0.05, 0) is 41.8 Å². The lowest BCUT2D eigenvalue weighted by atomic mass is 9.79. The molecule has 48 heavy (non-hydrogen) atoms. The highest BCUT2D eigenvalue weighted by molar-refractivity contribution is 6.10. The van der Waals surface area contributed by atoms with Crippen molar-refractivity contribution in [3.63, 3.8) is 0 Å². The van der Waals surface area contributed by atoms with Gasteiger partial charge in [0.2, 0.25) is 5.95 Å². The molecular formula is C43H30N4O. The van der Waals surface area contributed by atoms with E-state index in [4.69, 9.17) is 25.8 Å². The van der Waals surface area contributed by atoms with Crippen LogP contribution in [0.2, 0.25) is 0 Å². The summed E-state index contributed by atoms with van der Waals surface area (Å²) in [5.74, 6) is 4.70. The summed E-state index contributed by atoms with van der Waals surface area (Å²) in [6.45, 7) is 6.68. The standard InChI is InChI=1S/C43H30N4O/c1-5-28-30-19-9-12-23-34(30)43(3,4)37(28)38-26(2)29-18-10-13-24-35(29)47(38)42-45-40(27-16-7-6-8-17-27)44-41(46-42)33-22-15-21-32-31-20-11-14-25-36(31)48-39(32)33/h1,6-25H,2-4H3. The van der Waals surface area contributed by atoms with Crippen LogP contribution in [0.4, 0.5) is 0 Å². The summed E-state index contributed by atoms with van der Waals surface area (Å²) < 4.78 is 8.65. The van der Waals surface area contributed by atoms with E-state index >= 15 is 0 Å². The number of allylic oxidation sites excluding steroid dienone is 2. The van der Waals surface area contributed by atoms with Crippen molar-refractivity contribution in [2.45, 2.75) is 26.2 Å². The Morgan fingerprint density at radius 2 is 1.33 bits per heavy atom. The minimum absolute atomic E-state index is 0.368. The fourth-order valence-electron chi connectivity index (χ4n) is 7.53. The van der Waals surface area contributed by atoms with Crippen LogP contribution in [0.25, 0.3) is 72.7 Å². The minimum atomic E-state index is -0.368. The van der Waals surface area contributed by atoms with Crippen LogP contribution in [0.5, 0.6) is 0 Å². The molecule has 5 nitrogen and oxygen atoms in total. The molecule has 228 valence electrons. The van der Waals surface area contributed by atoms with Gasteiger partial charge in [0, 0.05) is 38.3 Å². The normalized spacial score (nSPS) is 13.8. The molecule has 0 spiro atoms. The van der Waals surface area contributed by atoms with Crippen molar-refractivity contribution < 1.29 is 4.42 Å². The summed E-state index contributed by atoms with van der Waals surface area (Å²) in [4.78, 5) is 15.6. The first-order valence-electron chi connectivity index (χ1n) is 16.1. The zero-order valence-electron chi connectivity index (χ0n) is 26.8. The number of hydrogen-bond acceptors (Lipinski definition) is 4. The van der Waals surface area contributed by atoms with E-state index in [-0.39, 0.29) is 5.41 Å². The third-order valence-electron chi connectivity index (χ3n) is 9.75. The molecule has 0 atom stereocenters. The molecule has 8 aromatic rings. The lowest BCUT2D eigenvalue weighted by molar-refractivity contribution is 0.669. The number of fused-ring (bicyclic) bond motifs is 5. The van der Waals surface area contributed by atoms with Crippen molar-refractivity contribution >= 4 is 44.0 Å². The second-order valence-electron chi connectivity index (χ2n) is 12.8. The van der Waals surface area contributed by atoms with Crippen molar-refractivity contribution in [1.29, 1.82) is 0 Å². The number of nitrogens with zero attached hydrogens (tertiary/aromatic N) is 4. The molecule has 0 fully saturated rings. The summed E-state index contributed by atoms with van der Waals surface area (Å²) in [5.41, 5.74) is 10.3. The van der Waals surface area contributed by atoms with Crippen LogP contribution in [-0.4, -0.2) is 19.5 Å². The number of aryl methyl sites for hydroxylation is 1. The van der Waals surface area contributed by atoms with Crippen molar-refractivity contribution in [2.24, 2.45) is 0 Å². The quantitative estimate of drug-likeness (QED) is 0.184. The monoisotopic (exact) mass is 618 g/mol. The first kappa shape index (κ1) is 28.0. The van der Waals surface area contributed by atoms with Crippen LogP contribution in [-0.2, 0) is 5.41 Å². The van der Waals surface area contributed by atoms with Gasteiger partial charge >= 0.3 is 0 Å². The van der Waals surface area contributed by atoms with E-state index in [0.717, 1.165) is 71.9 Å². The highest BCUT2D eigenvalue weighted by Crippen LogP contribution is 2.52. The molecule has 0 aliphatic heterocycles. The zero-order chi connectivity index (χ0) is 32.6. The predicted molar refractivity (Wildman–Crippen MR) is 195 cm³/mol. The topological polar surface area (TPSA) is 56.7 Å². The van der Waals surface area contributed by atoms with E-state index in [1.165, 1.54) is 5.56 Å². The summed E-state index contributed by atoms with van der Waals surface area (Å²) in [5, 5.41) is 3.19. The van der Waals surface area contributed by atoms with Gasteiger partial charge in [0.1, 0.15) is 11.2 Å². The summed E-state index contributed by atoms with van der Waals surface area (Å²) in [6.07, 6.45) is 6.35. The van der Waals surface area contributed by atoms with Crippen LogP contribution in [0.15, 0.2) is 126 Å². The van der Waals surface area contributed by atoms with E-state index in [1.54, 1.807) is 0 Å². The van der Waals surface area contributed by atoms with Gasteiger partial charge in [-0.1, -0.05) is 123 Å². The Kier molecular flexibility index (Phi) is 6.06. The Balaban J connectivity index is 1.39. The smallest absolute Gasteiger partial charge is 0.238 e. The van der Waals surface area contributed by atoms with Crippen molar-refractivity contribution in [3.8, 4) is 41.1 Å². The number of terminal acetylenes is 1. The summed E-state index contributed by atoms with van der Waals surface area (Å²) >= 11 is 0. The Morgan fingerprint density at radius 1 is 0.667 bits per heavy atom. The number of aromatic nitrogens is 4. The average Bonchev–Trinajstić information content (AvgIpc) is 3.73. The van der Waals surface area contributed by atoms with E-state index in [0.29, 0.717) is 17.6 Å². The number of furan rings is 1. The molecule has 0 radical (unpaired) electrons. The molecule has 9 rings (SSSR count). The van der Waals surface area contributed by atoms with E-state index < -0.39 is 0 Å². The molecule has 1 aliphatic rings. The van der Waals surface area contributed by atoms with Crippen molar-refractivity contribution in [3.05, 3.63) is 144 Å². The Bertz CT molecular complexity index is 2670. The Morgan fingerprint density at radius 3 is 2.17 bits per heavy atom. The Hall–Kier alpha value is -6.25. The molecular weight excluding hydrogens is 589 g/mol. The van der Waals surface area contributed by atoms with Gasteiger partial charge in [-0.2, -0.15) is 9.97 Å². The minimum Gasteiger partial charge on any atom is -0.455 e. The maximum atomic E-state index is 6.46. The lowest BCUT2D eigenvalue weighted by Crippen LogP contribution is -2.19. The number of rotatable bonds is 4. The first-order valence-corrected chi connectivity index (χ1v) is 16.1. The second-order valence-corrected chi connectivity index (χ2v) is 12.8. The van der Waals surface area contributed by atoms with Crippen LogP contribution in [0.3, 0.4) is 0 Å². The molecule has 0 unspecified atom stereocenters. The molecule has 0 bridgehead atoms. The van der Waals surface area contributed by atoms with Crippen LogP contribution in [0.1, 0.15) is 36.2 Å². The largest absolute Gasteiger partial charge is 0.455 e. The maximum Gasteiger partial charge on any atom is 0.238 e. The van der Waals surface area contributed by atoms with E-state index in [1.807, 2.05) is 60.7 Å². The van der Waals surface area contributed by atoms with Crippen LogP contribution in [0, 0.1) is 19.3 Å². The lowest BCUT2D eigenvalue weighted by Gasteiger charge is -2.26. The molecule has 5 aromatic carbocycles. The van der Waals surface area contributed by atoms with Gasteiger partial charge in [-0.15, -0.1) is 6.42 Å². The van der Waals surface area contributed by atoms with Gasteiger partial charge in [0.15, 0.2) is 11.6 Å². The number of para-hydroxylation sites is 3. The Labute approximate surface area is 278 Å². The van der Waals surface area contributed by atoms with E-state index in [9.17, 15) is 0 Å². The molecule has 3 heterocycles. The highest BCUT2D eigenvalue weighted by Gasteiger charge is 2.41. The third-order valence-corrected chi connectivity index (χ3v) is 9.75.